The molecule has 2 aromatic carbocycles. The van der Waals surface area contributed by atoms with Crippen molar-refractivity contribution in [2.75, 3.05) is 13.4 Å². The lowest BCUT2D eigenvalue weighted by molar-refractivity contribution is -0.148. The van der Waals surface area contributed by atoms with Crippen LogP contribution >= 0.6 is 0 Å². The van der Waals surface area contributed by atoms with E-state index in [4.69, 9.17) is 14.2 Å². The highest BCUT2D eigenvalue weighted by Gasteiger charge is 2.18. The van der Waals surface area contributed by atoms with Crippen LogP contribution in [0.5, 0.6) is 11.5 Å². The Morgan fingerprint density at radius 2 is 1.93 bits per heavy atom. The molecule has 0 saturated heterocycles. The lowest BCUT2D eigenvalue weighted by Crippen LogP contribution is -2.31. The van der Waals surface area contributed by atoms with Crippen LogP contribution in [0.15, 0.2) is 47.3 Å². The number of benzene rings is 2. The summed E-state index contributed by atoms with van der Waals surface area (Å²) in [5.41, 5.74) is 0.881. The number of hydrogen-bond donors (Lipinski definition) is 2. The number of nitrogens with one attached hydrogen (secondary N) is 2. The van der Waals surface area contributed by atoms with Gasteiger partial charge in [0, 0.05) is 5.39 Å². The Morgan fingerprint density at radius 3 is 2.77 bits per heavy atom. The molecule has 1 aliphatic rings. The first kappa shape index (κ1) is 19.4. The molecule has 2 heterocycles. The zero-order chi connectivity index (χ0) is 21.1. The summed E-state index contributed by atoms with van der Waals surface area (Å²) in [4.78, 5) is 36.1. The van der Waals surface area contributed by atoms with Crippen LogP contribution in [0.4, 0.5) is 0 Å². The standard InChI is InChI=1S/C21H19N3O6/c1-12(13-6-7-17-18(8-13)30-11-29-17)22-19(25)10-28-20(26)9-16-14-4-2-3-5-15(14)21(27)24-23-16/h2-8,12H,9-11H2,1H3,(H,22,25)(H,24,27)/t12-/m1/s1. The Balaban J connectivity index is 1.32. The van der Waals surface area contributed by atoms with Crippen molar-refractivity contribution >= 4 is 22.6 Å². The molecule has 0 aliphatic carbocycles. The summed E-state index contributed by atoms with van der Waals surface area (Å²) in [6.07, 6.45) is -0.164. The smallest absolute Gasteiger partial charge is 0.312 e. The third kappa shape index (κ3) is 4.09. The van der Waals surface area contributed by atoms with E-state index in [1.54, 1.807) is 36.4 Å². The van der Waals surface area contributed by atoms with Gasteiger partial charge >= 0.3 is 5.97 Å². The van der Waals surface area contributed by atoms with Crippen LogP contribution in [0.2, 0.25) is 0 Å². The van der Waals surface area contributed by atoms with Gasteiger partial charge in [-0.2, -0.15) is 5.10 Å². The van der Waals surface area contributed by atoms with Gasteiger partial charge in [-0.25, -0.2) is 5.10 Å². The van der Waals surface area contributed by atoms with Crippen molar-refractivity contribution < 1.29 is 23.8 Å². The number of aromatic nitrogens is 2. The molecule has 9 heteroatoms. The summed E-state index contributed by atoms with van der Waals surface area (Å²) < 4.78 is 15.7. The number of fused-ring (bicyclic) bond motifs is 2. The van der Waals surface area contributed by atoms with Crippen molar-refractivity contribution in [3.05, 3.63) is 64.1 Å². The first-order valence-electron chi connectivity index (χ1n) is 9.32. The molecule has 9 nitrogen and oxygen atoms in total. The first-order valence-corrected chi connectivity index (χ1v) is 9.32. The van der Waals surface area contributed by atoms with Crippen molar-refractivity contribution in [2.24, 2.45) is 0 Å². The molecular formula is C21H19N3O6. The highest BCUT2D eigenvalue weighted by molar-refractivity contribution is 5.87. The van der Waals surface area contributed by atoms with Gasteiger partial charge in [-0.15, -0.1) is 0 Å². The minimum absolute atomic E-state index is 0.164. The second-order valence-corrected chi connectivity index (χ2v) is 6.78. The van der Waals surface area contributed by atoms with Gasteiger partial charge in [-0.3, -0.25) is 14.4 Å². The fourth-order valence-corrected chi connectivity index (χ4v) is 3.19. The second-order valence-electron chi connectivity index (χ2n) is 6.78. The van der Waals surface area contributed by atoms with E-state index in [0.29, 0.717) is 28.0 Å². The summed E-state index contributed by atoms with van der Waals surface area (Å²) in [5, 5.41) is 10.1. The van der Waals surface area contributed by atoms with E-state index in [2.05, 4.69) is 15.5 Å². The van der Waals surface area contributed by atoms with Crippen LogP contribution in [0.3, 0.4) is 0 Å². The van der Waals surface area contributed by atoms with Gasteiger partial charge in [0.2, 0.25) is 6.79 Å². The van der Waals surface area contributed by atoms with Crippen molar-refractivity contribution in [1.82, 2.24) is 15.5 Å². The molecule has 154 valence electrons. The zero-order valence-electron chi connectivity index (χ0n) is 16.1. The molecule has 1 atom stereocenters. The van der Waals surface area contributed by atoms with Crippen molar-refractivity contribution in [3.63, 3.8) is 0 Å². The summed E-state index contributed by atoms with van der Waals surface area (Å²) >= 11 is 0. The van der Waals surface area contributed by atoms with Crippen LogP contribution in [0.1, 0.15) is 24.2 Å². The summed E-state index contributed by atoms with van der Waals surface area (Å²) in [5.74, 6) is 0.230. The lowest BCUT2D eigenvalue weighted by atomic mass is 10.1. The average molecular weight is 409 g/mol. The van der Waals surface area contributed by atoms with Crippen LogP contribution in [0.25, 0.3) is 10.8 Å². The maximum absolute atomic E-state index is 12.2. The molecule has 1 aliphatic heterocycles. The van der Waals surface area contributed by atoms with Gasteiger partial charge in [-0.05, 0) is 30.7 Å². The Morgan fingerprint density at radius 1 is 1.17 bits per heavy atom. The van der Waals surface area contributed by atoms with E-state index < -0.39 is 18.5 Å². The number of rotatable bonds is 6. The number of carbonyl (C=O) groups excluding carboxylic acids is 2. The molecule has 2 N–H and O–H groups in total. The van der Waals surface area contributed by atoms with E-state index in [9.17, 15) is 14.4 Å². The Kier molecular flexibility index (Phi) is 5.34. The molecule has 0 bridgehead atoms. The summed E-state index contributed by atoms with van der Waals surface area (Å²) in [7, 11) is 0. The molecule has 30 heavy (non-hydrogen) atoms. The first-order chi connectivity index (χ1) is 14.5. The Bertz CT molecular complexity index is 1170. The topological polar surface area (TPSA) is 120 Å². The van der Waals surface area contributed by atoms with Crippen molar-refractivity contribution in [1.29, 1.82) is 0 Å². The van der Waals surface area contributed by atoms with E-state index >= 15 is 0 Å². The van der Waals surface area contributed by atoms with E-state index in [-0.39, 0.29) is 24.8 Å². The van der Waals surface area contributed by atoms with E-state index in [1.165, 1.54) is 0 Å². The third-order valence-electron chi connectivity index (χ3n) is 4.73. The van der Waals surface area contributed by atoms with Gasteiger partial charge in [0.25, 0.3) is 11.5 Å². The SMILES string of the molecule is C[C@@H](NC(=O)COC(=O)Cc1n[nH]c(=O)c2ccccc12)c1ccc2c(c1)OCO2. The monoisotopic (exact) mass is 409 g/mol. The van der Waals surface area contributed by atoms with Crippen LogP contribution in [-0.2, 0) is 20.7 Å². The summed E-state index contributed by atoms with van der Waals surface area (Å²) in [6.45, 7) is 1.57. The largest absolute Gasteiger partial charge is 0.455 e. The normalized spacial score (nSPS) is 13.1. The van der Waals surface area contributed by atoms with Crippen LogP contribution in [-0.4, -0.2) is 35.5 Å². The average Bonchev–Trinajstić information content (AvgIpc) is 3.22. The molecule has 0 saturated carbocycles. The maximum Gasteiger partial charge on any atom is 0.312 e. The Labute approximate surface area is 171 Å². The maximum atomic E-state index is 12.2. The molecule has 0 fully saturated rings. The number of H-pyrrole nitrogens is 1. The minimum atomic E-state index is -0.620. The van der Waals surface area contributed by atoms with Gasteiger partial charge < -0.3 is 19.5 Å². The molecular weight excluding hydrogens is 390 g/mol. The Hall–Kier alpha value is -3.88. The molecule has 1 amide bonds. The predicted molar refractivity (Wildman–Crippen MR) is 106 cm³/mol. The third-order valence-corrected chi connectivity index (χ3v) is 4.73. The number of esters is 1. The van der Waals surface area contributed by atoms with Gasteiger partial charge in [-0.1, -0.05) is 24.3 Å². The highest BCUT2D eigenvalue weighted by atomic mass is 16.7. The second kappa shape index (κ2) is 8.24. The predicted octanol–water partition coefficient (Wildman–Crippen LogP) is 1.61. The van der Waals surface area contributed by atoms with Crippen LogP contribution in [0, 0.1) is 0 Å². The number of carbonyl (C=O) groups is 2. The molecule has 0 unspecified atom stereocenters. The number of amides is 1. The van der Waals surface area contributed by atoms with Crippen molar-refractivity contribution in [2.45, 2.75) is 19.4 Å². The number of hydrogen-bond acceptors (Lipinski definition) is 7. The molecule has 0 spiro atoms. The van der Waals surface area contributed by atoms with Gasteiger partial charge in [0.15, 0.2) is 18.1 Å². The minimum Gasteiger partial charge on any atom is -0.455 e. The van der Waals surface area contributed by atoms with Crippen LogP contribution < -0.4 is 20.3 Å². The number of ether oxygens (including phenoxy) is 3. The van der Waals surface area contributed by atoms with Gasteiger partial charge in [0.05, 0.1) is 23.5 Å². The number of aromatic amines is 1. The fourth-order valence-electron chi connectivity index (χ4n) is 3.19. The fraction of sp³-hybridized carbons (Fsp3) is 0.238. The van der Waals surface area contributed by atoms with E-state index in [0.717, 1.165) is 5.56 Å². The molecule has 3 aromatic rings. The number of nitrogens with zero attached hydrogens (tertiary/aromatic N) is 1. The van der Waals surface area contributed by atoms with Gasteiger partial charge in [0.1, 0.15) is 0 Å². The molecule has 4 rings (SSSR count). The molecule has 0 radical (unpaired) electrons. The quantitative estimate of drug-likeness (QED) is 0.594. The summed E-state index contributed by atoms with van der Waals surface area (Å²) in [6, 6.07) is 11.9. The highest BCUT2D eigenvalue weighted by Crippen LogP contribution is 2.34. The zero-order valence-corrected chi connectivity index (χ0v) is 16.1. The molecule has 1 aromatic heterocycles. The lowest BCUT2D eigenvalue weighted by Gasteiger charge is -2.15. The van der Waals surface area contributed by atoms with Crippen molar-refractivity contribution in [3.8, 4) is 11.5 Å². The van der Waals surface area contributed by atoms with E-state index in [1.807, 2.05) is 13.0 Å².